The van der Waals surface area contributed by atoms with Gasteiger partial charge in [-0.05, 0) is 31.0 Å². The number of nitrogens with zero attached hydrogens (tertiary/aromatic N) is 6. The van der Waals surface area contributed by atoms with Crippen LogP contribution in [0.2, 0.25) is 0 Å². The fourth-order valence-corrected chi connectivity index (χ4v) is 3.98. The molecule has 4 heterocycles. The van der Waals surface area contributed by atoms with E-state index in [2.05, 4.69) is 15.0 Å². The van der Waals surface area contributed by atoms with E-state index in [9.17, 15) is 9.90 Å². The Morgan fingerprint density at radius 1 is 1.10 bits per heavy atom. The van der Waals surface area contributed by atoms with Gasteiger partial charge in [-0.25, -0.2) is 15.0 Å². The molecule has 0 bridgehead atoms. The number of amides is 1. The second kappa shape index (κ2) is 7.38. The lowest BCUT2D eigenvalue weighted by Crippen LogP contribution is -2.48. The Morgan fingerprint density at radius 2 is 1.90 bits per heavy atom. The first-order valence-corrected chi connectivity index (χ1v) is 9.97. The van der Waals surface area contributed by atoms with E-state index in [4.69, 9.17) is 0 Å². The van der Waals surface area contributed by atoms with Crippen LogP contribution in [-0.4, -0.2) is 58.7 Å². The first-order valence-electron chi connectivity index (χ1n) is 9.97. The van der Waals surface area contributed by atoms with Gasteiger partial charge in [0.05, 0.1) is 24.0 Å². The van der Waals surface area contributed by atoms with Crippen LogP contribution in [-0.2, 0) is 6.54 Å². The van der Waals surface area contributed by atoms with E-state index in [1.165, 1.54) is 0 Å². The topological polar surface area (TPSA) is 89.1 Å². The Kier molecular flexibility index (Phi) is 4.55. The number of rotatable bonds is 4. The van der Waals surface area contributed by atoms with Crippen molar-refractivity contribution in [2.24, 2.45) is 0 Å². The van der Waals surface area contributed by atoms with Gasteiger partial charge in [0.15, 0.2) is 5.65 Å². The maximum absolute atomic E-state index is 13.0. The molecule has 152 valence electrons. The Bertz CT molecular complexity index is 1160. The summed E-state index contributed by atoms with van der Waals surface area (Å²) in [6.45, 7) is 1.49. The van der Waals surface area contributed by atoms with Crippen molar-refractivity contribution in [1.82, 2.24) is 29.0 Å². The first-order chi connectivity index (χ1) is 14.6. The molecule has 1 saturated heterocycles. The molecule has 1 fully saturated rings. The average molecular weight is 402 g/mol. The van der Waals surface area contributed by atoms with Crippen LogP contribution < -0.4 is 0 Å². The molecule has 5 rings (SSSR count). The number of hydrogen-bond donors (Lipinski definition) is 1. The van der Waals surface area contributed by atoms with Crippen molar-refractivity contribution in [2.45, 2.75) is 25.0 Å². The summed E-state index contributed by atoms with van der Waals surface area (Å²) >= 11 is 0. The fourth-order valence-electron chi connectivity index (χ4n) is 3.98. The van der Waals surface area contributed by atoms with Gasteiger partial charge in [0, 0.05) is 37.4 Å². The first kappa shape index (κ1) is 18.5. The highest BCUT2D eigenvalue weighted by Crippen LogP contribution is 2.26. The molecule has 1 aromatic carbocycles. The summed E-state index contributed by atoms with van der Waals surface area (Å²) in [4.78, 5) is 27.7. The van der Waals surface area contributed by atoms with Gasteiger partial charge in [0.2, 0.25) is 0 Å². The molecule has 1 N–H and O–H groups in total. The molecule has 0 unspecified atom stereocenters. The Morgan fingerprint density at radius 3 is 2.63 bits per heavy atom. The van der Waals surface area contributed by atoms with Crippen LogP contribution in [0.15, 0.2) is 67.6 Å². The largest absolute Gasteiger partial charge is 0.388 e. The maximum Gasteiger partial charge on any atom is 0.255 e. The van der Waals surface area contributed by atoms with Gasteiger partial charge in [0.25, 0.3) is 5.91 Å². The average Bonchev–Trinajstić information content (AvgIpc) is 3.43. The number of carbonyl (C=O) groups is 1. The number of para-hydroxylation sites is 1. The van der Waals surface area contributed by atoms with Gasteiger partial charge in [-0.15, -0.1) is 0 Å². The molecule has 30 heavy (non-hydrogen) atoms. The van der Waals surface area contributed by atoms with Crippen LogP contribution in [0.1, 0.15) is 23.2 Å². The normalized spacial score (nSPS) is 16.1. The van der Waals surface area contributed by atoms with Crippen molar-refractivity contribution in [3.63, 3.8) is 0 Å². The number of pyridine rings is 1. The van der Waals surface area contributed by atoms with E-state index in [1.807, 2.05) is 45.7 Å². The van der Waals surface area contributed by atoms with Crippen molar-refractivity contribution in [3.05, 3.63) is 73.2 Å². The number of imidazole rings is 2. The van der Waals surface area contributed by atoms with Crippen molar-refractivity contribution in [2.75, 3.05) is 13.1 Å². The number of fused-ring (bicyclic) bond motifs is 1. The lowest BCUT2D eigenvalue weighted by Gasteiger charge is -2.38. The second-order valence-corrected chi connectivity index (χ2v) is 7.77. The van der Waals surface area contributed by atoms with Crippen LogP contribution in [0.25, 0.3) is 16.9 Å². The standard InChI is InChI=1S/C22H22N6O2/c29-21(27-9-6-22(30,7-10-27)14-26-11-8-23-15-26)17-12-19-20(24-13-17)28(16-25-19)18-4-2-1-3-5-18/h1-5,8,11-13,15-16,30H,6-7,9-10,14H2. The van der Waals surface area contributed by atoms with Crippen molar-refractivity contribution in [3.8, 4) is 5.69 Å². The molecule has 1 amide bonds. The van der Waals surface area contributed by atoms with Crippen LogP contribution >= 0.6 is 0 Å². The second-order valence-electron chi connectivity index (χ2n) is 7.77. The molecule has 0 saturated carbocycles. The van der Waals surface area contributed by atoms with Gasteiger partial charge >= 0.3 is 0 Å². The van der Waals surface area contributed by atoms with E-state index < -0.39 is 5.60 Å². The molecule has 8 heteroatoms. The predicted molar refractivity (Wildman–Crippen MR) is 111 cm³/mol. The van der Waals surface area contributed by atoms with E-state index in [0.29, 0.717) is 49.2 Å². The molecule has 1 aliphatic heterocycles. The summed E-state index contributed by atoms with van der Waals surface area (Å²) in [5.41, 5.74) is 2.05. The monoisotopic (exact) mass is 402 g/mol. The minimum atomic E-state index is -0.825. The van der Waals surface area contributed by atoms with Crippen LogP contribution in [0, 0.1) is 0 Å². The molecule has 0 atom stereocenters. The molecule has 3 aromatic heterocycles. The highest BCUT2D eigenvalue weighted by atomic mass is 16.3. The summed E-state index contributed by atoms with van der Waals surface area (Å²) in [5, 5.41) is 10.9. The van der Waals surface area contributed by atoms with Gasteiger partial charge in [-0.3, -0.25) is 9.36 Å². The maximum atomic E-state index is 13.0. The highest BCUT2D eigenvalue weighted by molar-refractivity contribution is 5.96. The number of likely N-dealkylation sites (tertiary alicyclic amines) is 1. The number of aromatic nitrogens is 5. The zero-order chi connectivity index (χ0) is 20.6. The van der Waals surface area contributed by atoms with Crippen LogP contribution in [0.4, 0.5) is 0 Å². The predicted octanol–water partition coefficient (Wildman–Crippen LogP) is 2.28. The van der Waals surface area contributed by atoms with E-state index in [-0.39, 0.29) is 5.91 Å². The summed E-state index contributed by atoms with van der Waals surface area (Å²) in [6.07, 6.45) is 9.61. The molecule has 4 aromatic rings. The summed E-state index contributed by atoms with van der Waals surface area (Å²) < 4.78 is 3.78. The zero-order valence-electron chi connectivity index (χ0n) is 16.4. The Hall–Kier alpha value is -3.52. The number of aliphatic hydroxyl groups is 1. The minimum absolute atomic E-state index is 0.0802. The molecule has 8 nitrogen and oxygen atoms in total. The SMILES string of the molecule is O=C(c1cnc2c(c1)ncn2-c1ccccc1)N1CCC(O)(Cn2ccnc2)CC1. The van der Waals surface area contributed by atoms with Gasteiger partial charge in [0.1, 0.15) is 11.8 Å². The lowest BCUT2D eigenvalue weighted by atomic mass is 9.91. The number of benzene rings is 1. The summed E-state index contributed by atoms with van der Waals surface area (Å²) in [5.74, 6) is -0.0802. The summed E-state index contributed by atoms with van der Waals surface area (Å²) in [6, 6.07) is 11.6. The Balaban J connectivity index is 1.31. The number of hydrogen-bond acceptors (Lipinski definition) is 5. The molecular weight excluding hydrogens is 380 g/mol. The number of carbonyl (C=O) groups excluding carboxylic acids is 1. The highest BCUT2D eigenvalue weighted by Gasteiger charge is 2.34. The zero-order valence-corrected chi connectivity index (χ0v) is 16.4. The van der Waals surface area contributed by atoms with Crippen molar-refractivity contribution >= 4 is 17.1 Å². The molecular formula is C22H22N6O2. The van der Waals surface area contributed by atoms with Crippen molar-refractivity contribution < 1.29 is 9.90 Å². The van der Waals surface area contributed by atoms with Crippen LogP contribution in [0.3, 0.4) is 0 Å². The van der Waals surface area contributed by atoms with E-state index >= 15 is 0 Å². The fraction of sp³-hybridized carbons (Fsp3) is 0.273. The lowest BCUT2D eigenvalue weighted by molar-refractivity contribution is -0.0292. The third-order valence-corrected chi connectivity index (χ3v) is 5.69. The van der Waals surface area contributed by atoms with Gasteiger partial charge < -0.3 is 14.6 Å². The van der Waals surface area contributed by atoms with E-state index in [0.717, 1.165) is 5.69 Å². The molecule has 0 spiro atoms. The van der Waals surface area contributed by atoms with Crippen molar-refractivity contribution in [1.29, 1.82) is 0 Å². The third-order valence-electron chi connectivity index (χ3n) is 5.69. The quantitative estimate of drug-likeness (QED) is 0.566. The van der Waals surface area contributed by atoms with Crippen LogP contribution in [0.5, 0.6) is 0 Å². The van der Waals surface area contributed by atoms with Gasteiger partial charge in [-0.2, -0.15) is 0 Å². The third kappa shape index (κ3) is 3.46. The van der Waals surface area contributed by atoms with E-state index in [1.54, 1.807) is 36.0 Å². The molecule has 1 aliphatic rings. The number of piperidine rings is 1. The minimum Gasteiger partial charge on any atom is -0.388 e. The molecule has 0 radical (unpaired) electrons. The smallest absolute Gasteiger partial charge is 0.255 e. The Labute approximate surface area is 173 Å². The summed E-state index contributed by atoms with van der Waals surface area (Å²) in [7, 11) is 0. The molecule has 0 aliphatic carbocycles. The van der Waals surface area contributed by atoms with Gasteiger partial charge in [-0.1, -0.05) is 18.2 Å².